The van der Waals surface area contributed by atoms with E-state index in [4.69, 9.17) is 9.15 Å². The maximum Gasteiger partial charge on any atom is 0.349 e. The Balaban J connectivity index is 1.37. The molecule has 32 heavy (non-hydrogen) atoms. The molecule has 1 aromatic heterocycles. The lowest BCUT2D eigenvalue weighted by molar-refractivity contribution is -0.143. The normalized spacial score (nSPS) is 11.3. The zero-order chi connectivity index (χ0) is 23.1. The zero-order valence-electron chi connectivity index (χ0n) is 18.8. The molecule has 0 bridgehead atoms. The second-order valence-corrected chi connectivity index (χ2v) is 8.76. The van der Waals surface area contributed by atoms with E-state index in [1.807, 2.05) is 12.1 Å². The number of carbonyl (C=O) groups excluding carboxylic acids is 2. The van der Waals surface area contributed by atoms with Gasteiger partial charge in [-0.1, -0.05) is 63.2 Å². The van der Waals surface area contributed by atoms with Crippen LogP contribution < -0.4 is 10.9 Å². The maximum atomic E-state index is 12.3. The number of aryl methyl sites for hydroxylation is 1. The molecule has 0 aliphatic heterocycles. The van der Waals surface area contributed by atoms with Gasteiger partial charge in [0, 0.05) is 18.4 Å². The van der Waals surface area contributed by atoms with Gasteiger partial charge in [-0.3, -0.25) is 9.59 Å². The van der Waals surface area contributed by atoms with E-state index in [1.165, 1.54) is 11.6 Å². The summed E-state index contributed by atoms with van der Waals surface area (Å²) in [6.07, 6.45) is 1.38. The Morgan fingerprint density at radius 3 is 2.47 bits per heavy atom. The summed E-state index contributed by atoms with van der Waals surface area (Å²) in [7, 11) is 0. The molecular formula is C26H29NO5. The van der Waals surface area contributed by atoms with E-state index in [0.29, 0.717) is 30.2 Å². The lowest BCUT2D eigenvalue weighted by Gasteiger charge is -2.19. The van der Waals surface area contributed by atoms with Crippen molar-refractivity contribution in [2.24, 2.45) is 0 Å². The van der Waals surface area contributed by atoms with Crippen LogP contribution >= 0.6 is 0 Å². The first kappa shape index (κ1) is 23.3. The average Bonchev–Trinajstić information content (AvgIpc) is 2.76. The molecule has 1 amide bonds. The molecule has 6 heteroatoms. The van der Waals surface area contributed by atoms with Gasteiger partial charge in [0.15, 0.2) is 0 Å². The van der Waals surface area contributed by atoms with Gasteiger partial charge < -0.3 is 14.5 Å². The second-order valence-electron chi connectivity index (χ2n) is 8.76. The number of hydrogen-bond acceptors (Lipinski definition) is 5. The molecule has 0 unspecified atom stereocenters. The van der Waals surface area contributed by atoms with Crippen LogP contribution in [0, 0.1) is 0 Å². The van der Waals surface area contributed by atoms with E-state index in [2.05, 4.69) is 38.2 Å². The van der Waals surface area contributed by atoms with Crippen molar-refractivity contribution in [3.63, 3.8) is 0 Å². The average molecular weight is 436 g/mol. The van der Waals surface area contributed by atoms with Crippen molar-refractivity contribution in [2.45, 2.75) is 45.4 Å². The summed E-state index contributed by atoms with van der Waals surface area (Å²) < 4.78 is 10.4. The number of para-hydroxylation sites is 1. The summed E-state index contributed by atoms with van der Waals surface area (Å²) in [6, 6.07) is 16.8. The topological polar surface area (TPSA) is 85.6 Å². The number of rotatable bonds is 8. The molecule has 2 aromatic carbocycles. The monoisotopic (exact) mass is 435 g/mol. The van der Waals surface area contributed by atoms with Crippen LogP contribution in [-0.4, -0.2) is 25.0 Å². The molecule has 3 rings (SSSR count). The maximum absolute atomic E-state index is 12.3. The SMILES string of the molecule is CC(C)(C)c1ccc(CCC(=O)OCCCNC(=O)c2cc3ccccc3oc2=O)cc1. The van der Waals surface area contributed by atoms with Crippen LogP contribution in [0.1, 0.15) is 55.1 Å². The molecule has 1 heterocycles. The van der Waals surface area contributed by atoms with Gasteiger partial charge in [-0.05, 0) is 41.5 Å². The second kappa shape index (κ2) is 10.3. The minimum atomic E-state index is -0.678. The highest BCUT2D eigenvalue weighted by molar-refractivity contribution is 5.96. The number of carbonyl (C=O) groups is 2. The molecule has 1 N–H and O–H groups in total. The minimum absolute atomic E-state index is 0.0434. The van der Waals surface area contributed by atoms with Gasteiger partial charge in [0.05, 0.1) is 6.61 Å². The Morgan fingerprint density at radius 2 is 1.75 bits per heavy atom. The van der Waals surface area contributed by atoms with Crippen LogP contribution in [0.4, 0.5) is 0 Å². The number of esters is 1. The van der Waals surface area contributed by atoms with Crippen LogP contribution in [-0.2, 0) is 21.4 Å². The third-order valence-corrected chi connectivity index (χ3v) is 5.19. The third-order valence-electron chi connectivity index (χ3n) is 5.19. The summed E-state index contributed by atoms with van der Waals surface area (Å²) in [5.74, 6) is -0.777. The van der Waals surface area contributed by atoms with Crippen molar-refractivity contribution in [1.29, 1.82) is 0 Å². The van der Waals surface area contributed by atoms with E-state index < -0.39 is 11.5 Å². The number of hydrogen-bond donors (Lipinski definition) is 1. The molecule has 0 aliphatic carbocycles. The van der Waals surface area contributed by atoms with Gasteiger partial charge in [0.1, 0.15) is 11.1 Å². The Morgan fingerprint density at radius 1 is 1.03 bits per heavy atom. The number of fused-ring (bicyclic) bond motifs is 1. The van der Waals surface area contributed by atoms with Crippen LogP contribution in [0.2, 0.25) is 0 Å². The van der Waals surface area contributed by atoms with Crippen molar-refractivity contribution in [2.75, 3.05) is 13.2 Å². The number of ether oxygens (including phenoxy) is 1. The minimum Gasteiger partial charge on any atom is -0.466 e. The molecule has 168 valence electrons. The first-order valence-corrected chi connectivity index (χ1v) is 10.8. The fourth-order valence-corrected chi connectivity index (χ4v) is 3.27. The van der Waals surface area contributed by atoms with Crippen molar-refractivity contribution in [1.82, 2.24) is 5.32 Å². The number of nitrogens with one attached hydrogen (secondary N) is 1. The van der Waals surface area contributed by atoms with Crippen LogP contribution in [0.15, 0.2) is 63.8 Å². The lowest BCUT2D eigenvalue weighted by atomic mass is 9.86. The molecule has 3 aromatic rings. The quantitative estimate of drug-likeness (QED) is 0.322. The van der Waals surface area contributed by atoms with Crippen LogP contribution in [0.3, 0.4) is 0 Å². The highest BCUT2D eigenvalue weighted by atomic mass is 16.5. The fraction of sp³-hybridized carbons (Fsp3) is 0.346. The Kier molecular flexibility index (Phi) is 7.46. The summed E-state index contributed by atoms with van der Waals surface area (Å²) in [4.78, 5) is 36.3. The molecule has 0 spiro atoms. The van der Waals surface area contributed by atoms with Gasteiger partial charge in [0.25, 0.3) is 5.91 Å². The first-order chi connectivity index (χ1) is 15.2. The summed E-state index contributed by atoms with van der Waals surface area (Å²) in [5.41, 5.74) is 2.17. The van der Waals surface area contributed by atoms with Gasteiger partial charge in [-0.2, -0.15) is 0 Å². The molecule has 0 radical (unpaired) electrons. The van der Waals surface area contributed by atoms with Gasteiger partial charge >= 0.3 is 11.6 Å². The summed E-state index contributed by atoms with van der Waals surface area (Å²) >= 11 is 0. The predicted octanol–water partition coefficient (Wildman–Crippen LogP) is 4.39. The van der Waals surface area contributed by atoms with Crippen molar-refractivity contribution < 1.29 is 18.7 Å². The van der Waals surface area contributed by atoms with Gasteiger partial charge in [-0.25, -0.2) is 4.79 Å². The highest BCUT2D eigenvalue weighted by Gasteiger charge is 2.14. The van der Waals surface area contributed by atoms with E-state index >= 15 is 0 Å². The number of amides is 1. The Labute approximate surface area is 187 Å². The van der Waals surface area contributed by atoms with E-state index in [1.54, 1.807) is 24.3 Å². The third kappa shape index (κ3) is 6.30. The van der Waals surface area contributed by atoms with E-state index in [9.17, 15) is 14.4 Å². The summed E-state index contributed by atoms with van der Waals surface area (Å²) in [6.45, 7) is 6.98. The molecule has 0 atom stereocenters. The standard InChI is InChI=1S/C26H29NO5/c1-26(2,3)20-12-9-18(10-13-20)11-14-23(28)31-16-6-15-27-24(29)21-17-19-7-4-5-8-22(19)32-25(21)30/h4-5,7-10,12-13,17H,6,11,14-16H2,1-3H3,(H,27,29). The smallest absolute Gasteiger partial charge is 0.349 e. The van der Waals surface area contributed by atoms with Crippen molar-refractivity contribution in [3.05, 3.63) is 81.7 Å². The summed E-state index contributed by atoms with van der Waals surface area (Å²) in [5, 5.41) is 3.34. The van der Waals surface area contributed by atoms with Gasteiger partial charge in [0.2, 0.25) is 0 Å². The molecule has 0 saturated carbocycles. The number of benzene rings is 2. The molecule has 0 aliphatic rings. The molecule has 6 nitrogen and oxygen atoms in total. The molecular weight excluding hydrogens is 406 g/mol. The fourth-order valence-electron chi connectivity index (χ4n) is 3.27. The predicted molar refractivity (Wildman–Crippen MR) is 124 cm³/mol. The molecule has 0 saturated heterocycles. The Hall–Kier alpha value is -3.41. The molecule has 0 fully saturated rings. The highest BCUT2D eigenvalue weighted by Crippen LogP contribution is 2.22. The first-order valence-electron chi connectivity index (χ1n) is 10.8. The van der Waals surface area contributed by atoms with E-state index in [0.717, 1.165) is 5.56 Å². The van der Waals surface area contributed by atoms with Crippen molar-refractivity contribution >= 4 is 22.8 Å². The van der Waals surface area contributed by atoms with Gasteiger partial charge in [-0.15, -0.1) is 0 Å². The van der Waals surface area contributed by atoms with Crippen LogP contribution in [0.25, 0.3) is 11.0 Å². The van der Waals surface area contributed by atoms with Crippen LogP contribution in [0.5, 0.6) is 0 Å². The zero-order valence-corrected chi connectivity index (χ0v) is 18.8. The lowest BCUT2D eigenvalue weighted by Crippen LogP contribution is -2.29. The largest absolute Gasteiger partial charge is 0.466 e. The Bertz CT molecular complexity index is 1140. The van der Waals surface area contributed by atoms with Crippen molar-refractivity contribution in [3.8, 4) is 0 Å². The van der Waals surface area contributed by atoms with E-state index in [-0.39, 0.29) is 30.1 Å².